The summed E-state index contributed by atoms with van der Waals surface area (Å²) in [5.74, 6) is -0.0834. The van der Waals surface area contributed by atoms with Crippen molar-refractivity contribution in [2.45, 2.75) is 38.1 Å². The van der Waals surface area contributed by atoms with Gasteiger partial charge in [0.1, 0.15) is 5.69 Å². The first-order chi connectivity index (χ1) is 12.3. The number of nitrogens with zero attached hydrogens (tertiary/aromatic N) is 2. The molecule has 5 heteroatoms. The molecule has 0 unspecified atom stereocenters. The SMILES string of the molecule is O=C(NC1CC1)c1ccc(Nc2ccc(N3CCCCC3)cc2)cn1. The summed E-state index contributed by atoms with van der Waals surface area (Å²) in [5.41, 5.74) is 3.67. The van der Waals surface area contributed by atoms with Crippen LogP contribution in [0, 0.1) is 0 Å². The minimum atomic E-state index is -0.0834. The highest BCUT2D eigenvalue weighted by molar-refractivity contribution is 5.92. The van der Waals surface area contributed by atoms with Crippen molar-refractivity contribution in [1.29, 1.82) is 0 Å². The molecule has 1 aromatic heterocycles. The van der Waals surface area contributed by atoms with Gasteiger partial charge in [0.15, 0.2) is 0 Å². The number of pyridine rings is 1. The van der Waals surface area contributed by atoms with Crippen LogP contribution in [0.4, 0.5) is 17.1 Å². The van der Waals surface area contributed by atoms with Crippen molar-refractivity contribution < 1.29 is 4.79 Å². The van der Waals surface area contributed by atoms with Crippen LogP contribution in [0.15, 0.2) is 42.6 Å². The lowest BCUT2D eigenvalue weighted by atomic mass is 10.1. The predicted molar refractivity (Wildman–Crippen MR) is 101 cm³/mol. The molecule has 1 saturated heterocycles. The van der Waals surface area contributed by atoms with Gasteiger partial charge in [-0.1, -0.05) is 0 Å². The molecule has 1 amide bonds. The van der Waals surface area contributed by atoms with E-state index in [0.717, 1.165) is 37.3 Å². The molecule has 25 heavy (non-hydrogen) atoms. The van der Waals surface area contributed by atoms with Crippen molar-refractivity contribution in [2.75, 3.05) is 23.3 Å². The summed E-state index contributed by atoms with van der Waals surface area (Å²) >= 11 is 0. The Kier molecular flexibility index (Phi) is 4.55. The molecule has 1 saturated carbocycles. The summed E-state index contributed by atoms with van der Waals surface area (Å²) in [4.78, 5) is 18.7. The summed E-state index contributed by atoms with van der Waals surface area (Å²) in [5, 5.41) is 6.29. The van der Waals surface area contributed by atoms with Gasteiger partial charge in [-0.25, -0.2) is 4.98 Å². The first-order valence-electron chi connectivity index (χ1n) is 9.17. The Hall–Kier alpha value is -2.56. The number of carbonyl (C=O) groups excluding carboxylic acids is 1. The number of anilines is 3. The third-order valence-corrected chi connectivity index (χ3v) is 4.79. The van der Waals surface area contributed by atoms with Crippen LogP contribution in [0.1, 0.15) is 42.6 Å². The summed E-state index contributed by atoms with van der Waals surface area (Å²) in [7, 11) is 0. The van der Waals surface area contributed by atoms with Crippen molar-refractivity contribution in [3.05, 3.63) is 48.3 Å². The van der Waals surface area contributed by atoms with Crippen molar-refractivity contribution in [3.63, 3.8) is 0 Å². The molecule has 2 heterocycles. The molecule has 0 atom stereocenters. The molecular weight excluding hydrogens is 312 g/mol. The summed E-state index contributed by atoms with van der Waals surface area (Å²) in [6.45, 7) is 2.31. The first kappa shape index (κ1) is 15.9. The molecule has 2 aromatic rings. The van der Waals surface area contributed by atoms with E-state index >= 15 is 0 Å². The molecule has 130 valence electrons. The number of hydrogen-bond acceptors (Lipinski definition) is 4. The monoisotopic (exact) mass is 336 g/mol. The number of rotatable bonds is 5. The van der Waals surface area contributed by atoms with Gasteiger partial charge in [0.2, 0.25) is 0 Å². The van der Waals surface area contributed by atoms with Crippen LogP contribution < -0.4 is 15.5 Å². The van der Waals surface area contributed by atoms with Crippen LogP contribution in [0.5, 0.6) is 0 Å². The second kappa shape index (κ2) is 7.13. The lowest BCUT2D eigenvalue weighted by Crippen LogP contribution is -2.29. The van der Waals surface area contributed by atoms with Gasteiger partial charge in [-0.05, 0) is 68.5 Å². The maximum absolute atomic E-state index is 12.0. The van der Waals surface area contributed by atoms with Gasteiger partial charge in [-0.15, -0.1) is 0 Å². The van der Waals surface area contributed by atoms with Crippen molar-refractivity contribution in [1.82, 2.24) is 10.3 Å². The fraction of sp³-hybridized carbons (Fsp3) is 0.400. The third kappa shape index (κ3) is 4.10. The normalized spacial score (nSPS) is 17.2. The molecule has 2 fully saturated rings. The van der Waals surface area contributed by atoms with Gasteiger partial charge in [0.25, 0.3) is 5.91 Å². The fourth-order valence-electron chi connectivity index (χ4n) is 3.16. The van der Waals surface area contributed by atoms with Crippen molar-refractivity contribution >= 4 is 23.0 Å². The Morgan fingerprint density at radius 3 is 2.32 bits per heavy atom. The maximum Gasteiger partial charge on any atom is 0.270 e. The van der Waals surface area contributed by atoms with Crippen LogP contribution in [-0.2, 0) is 0 Å². The molecule has 1 aliphatic heterocycles. The largest absolute Gasteiger partial charge is 0.372 e. The topological polar surface area (TPSA) is 57.3 Å². The lowest BCUT2D eigenvalue weighted by molar-refractivity contribution is 0.0946. The molecule has 2 N–H and O–H groups in total. The highest BCUT2D eigenvalue weighted by Crippen LogP contribution is 2.24. The molecule has 5 nitrogen and oxygen atoms in total. The molecule has 0 radical (unpaired) electrons. The molecule has 4 rings (SSSR count). The average Bonchev–Trinajstić information content (AvgIpc) is 3.48. The number of amides is 1. The predicted octanol–water partition coefficient (Wildman–Crippen LogP) is 3.71. The zero-order valence-corrected chi connectivity index (χ0v) is 14.4. The van der Waals surface area contributed by atoms with Gasteiger partial charge in [-0.3, -0.25) is 4.79 Å². The average molecular weight is 336 g/mol. The molecular formula is C20H24N4O. The Labute approximate surface area is 148 Å². The van der Waals surface area contributed by atoms with Crippen LogP contribution >= 0.6 is 0 Å². The number of nitrogens with one attached hydrogen (secondary N) is 2. The van der Waals surface area contributed by atoms with E-state index < -0.39 is 0 Å². The second-order valence-electron chi connectivity index (χ2n) is 6.90. The van der Waals surface area contributed by atoms with E-state index in [0.29, 0.717) is 11.7 Å². The standard InChI is InChI=1S/C20H24N4O/c25-20(23-16-4-5-16)19-11-8-17(14-21-19)22-15-6-9-18(10-7-15)24-12-2-1-3-13-24/h6-11,14,16,22H,1-5,12-13H2,(H,23,25). The van der Waals surface area contributed by atoms with E-state index in [1.54, 1.807) is 12.3 Å². The second-order valence-corrected chi connectivity index (χ2v) is 6.90. The Morgan fingerprint density at radius 2 is 1.68 bits per heavy atom. The van der Waals surface area contributed by atoms with E-state index in [2.05, 4.69) is 44.8 Å². The first-order valence-corrected chi connectivity index (χ1v) is 9.17. The van der Waals surface area contributed by atoms with Crippen molar-refractivity contribution in [3.8, 4) is 0 Å². The van der Waals surface area contributed by atoms with Gasteiger partial charge in [-0.2, -0.15) is 0 Å². The summed E-state index contributed by atoms with van der Waals surface area (Å²) in [6.07, 6.45) is 7.79. The van der Waals surface area contributed by atoms with Gasteiger partial charge in [0, 0.05) is 30.5 Å². The molecule has 1 aromatic carbocycles. The zero-order valence-electron chi connectivity index (χ0n) is 14.4. The molecule has 2 aliphatic rings. The van der Waals surface area contributed by atoms with Crippen LogP contribution in [-0.4, -0.2) is 30.0 Å². The van der Waals surface area contributed by atoms with E-state index in [4.69, 9.17) is 0 Å². The smallest absolute Gasteiger partial charge is 0.270 e. The zero-order chi connectivity index (χ0) is 17.1. The minimum Gasteiger partial charge on any atom is -0.372 e. The van der Waals surface area contributed by atoms with Gasteiger partial charge < -0.3 is 15.5 Å². The molecule has 0 bridgehead atoms. The van der Waals surface area contributed by atoms with E-state index in [9.17, 15) is 4.79 Å². The van der Waals surface area contributed by atoms with Gasteiger partial charge >= 0.3 is 0 Å². The van der Waals surface area contributed by atoms with Crippen LogP contribution in [0.25, 0.3) is 0 Å². The summed E-state index contributed by atoms with van der Waals surface area (Å²) in [6, 6.07) is 12.5. The number of piperidine rings is 1. The number of benzene rings is 1. The lowest BCUT2D eigenvalue weighted by Gasteiger charge is -2.28. The maximum atomic E-state index is 12.0. The van der Waals surface area contributed by atoms with E-state index in [1.807, 2.05) is 6.07 Å². The number of hydrogen-bond donors (Lipinski definition) is 2. The van der Waals surface area contributed by atoms with Crippen LogP contribution in [0.3, 0.4) is 0 Å². The fourth-order valence-corrected chi connectivity index (χ4v) is 3.16. The van der Waals surface area contributed by atoms with E-state index in [-0.39, 0.29) is 5.91 Å². The Bertz CT molecular complexity index is 716. The number of carbonyl (C=O) groups is 1. The quantitative estimate of drug-likeness (QED) is 0.874. The Morgan fingerprint density at radius 1 is 0.960 bits per heavy atom. The highest BCUT2D eigenvalue weighted by Gasteiger charge is 2.24. The Balaban J connectivity index is 1.37. The van der Waals surface area contributed by atoms with Crippen LogP contribution in [0.2, 0.25) is 0 Å². The van der Waals surface area contributed by atoms with Gasteiger partial charge in [0.05, 0.1) is 11.9 Å². The minimum absolute atomic E-state index is 0.0834. The number of aromatic nitrogens is 1. The third-order valence-electron chi connectivity index (χ3n) is 4.79. The van der Waals surface area contributed by atoms with Crippen molar-refractivity contribution in [2.24, 2.45) is 0 Å². The summed E-state index contributed by atoms with van der Waals surface area (Å²) < 4.78 is 0. The molecule has 1 aliphatic carbocycles. The molecule has 0 spiro atoms. The highest BCUT2D eigenvalue weighted by atomic mass is 16.2. The van der Waals surface area contributed by atoms with E-state index in [1.165, 1.54) is 24.9 Å².